The number of aryl methyl sites for hydroxylation is 1. The Hall–Kier alpha value is -1.65. The second kappa shape index (κ2) is 5.86. The number of hydrogen-bond acceptors (Lipinski definition) is 3. The van der Waals surface area contributed by atoms with E-state index in [1.165, 1.54) is 6.42 Å². The van der Waals surface area contributed by atoms with Crippen molar-refractivity contribution in [3.8, 4) is 0 Å². The third-order valence-corrected chi connectivity index (χ3v) is 5.33. The molecule has 2 atom stereocenters. The highest BCUT2D eigenvalue weighted by molar-refractivity contribution is 5.77. The van der Waals surface area contributed by atoms with Gasteiger partial charge in [0.2, 0.25) is 5.91 Å². The third-order valence-electron chi connectivity index (χ3n) is 5.33. The predicted molar refractivity (Wildman–Crippen MR) is 83.4 cm³/mol. The highest BCUT2D eigenvalue weighted by Crippen LogP contribution is 2.29. The lowest BCUT2D eigenvalue weighted by Gasteiger charge is -2.33. The number of piperidine rings is 1. The molecule has 5 nitrogen and oxygen atoms in total. The number of carbonyl (C=O) groups is 1. The highest BCUT2D eigenvalue weighted by atomic mass is 16.2. The fraction of sp³-hybridized carbons (Fsp3) is 0.706. The minimum absolute atomic E-state index is 0.322. The van der Waals surface area contributed by atoms with Gasteiger partial charge < -0.3 is 9.47 Å². The number of amides is 1. The van der Waals surface area contributed by atoms with E-state index < -0.39 is 0 Å². The zero-order chi connectivity index (χ0) is 14.9. The Kier molecular flexibility index (Phi) is 3.72. The fourth-order valence-electron chi connectivity index (χ4n) is 4.11. The summed E-state index contributed by atoms with van der Waals surface area (Å²) in [5.41, 5.74) is 0. The number of nitrogens with zero attached hydrogens (tertiary/aromatic N) is 4. The molecule has 0 radical (unpaired) electrons. The Morgan fingerprint density at radius 3 is 3.05 bits per heavy atom. The van der Waals surface area contributed by atoms with Crippen LogP contribution >= 0.6 is 0 Å². The first-order chi connectivity index (χ1) is 10.8. The molecule has 1 fully saturated rings. The molecule has 5 heteroatoms. The van der Waals surface area contributed by atoms with Crippen LogP contribution in [-0.2, 0) is 17.8 Å². The molecule has 2 aliphatic heterocycles. The van der Waals surface area contributed by atoms with Crippen LogP contribution in [0.4, 0.5) is 0 Å². The summed E-state index contributed by atoms with van der Waals surface area (Å²) in [6.45, 7) is 2.79. The predicted octanol–water partition coefficient (Wildman–Crippen LogP) is 2.29. The van der Waals surface area contributed by atoms with Crippen LogP contribution in [0.1, 0.15) is 56.1 Å². The number of fused-ring (bicyclic) bond motifs is 1. The Balaban J connectivity index is 1.43. The van der Waals surface area contributed by atoms with Gasteiger partial charge in [0.1, 0.15) is 11.6 Å². The van der Waals surface area contributed by atoms with Crippen LogP contribution in [0.2, 0.25) is 0 Å². The normalized spacial score (nSPS) is 27.4. The van der Waals surface area contributed by atoms with Crippen LogP contribution in [0.15, 0.2) is 12.2 Å². The maximum Gasteiger partial charge on any atom is 0.223 e. The van der Waals surface area contributed by atoms with Crippen molar-refractivity contribution < 1.29 is 4.79 Å². The SMILES string of the molecule is O=C(C[C@@H]1C=CCC1)N1CCC[C@@H](c2nnc3n2CCC3)C1. The van der Waals surface area contributed by atoms with Gasteiger partial charge in [-0.25, -0.2) is 0 Å². The molecule has 0 bridgehead atoms. The maximum atomic E-state index is 12.6. The molecule has 118 valence electrons. The largest absolute Gasteiger partial charge is 0.342 e. The summed E-state index contributed by atoms with van der Waals surface area (Å²) in [5, 5.41) is 8.75. The number of hydrogen-bond donors (Lipinski definition) is 0. The summed E-state index contributed by atoms with van der Waals surface area (Å²) in [5.74, 6) is 3.41. The number of likely N-dealkylation sites (tertiary alicyclic amines) is 1. The lowest BCUT2D eigenvalue weighted by atomic mass is 9.95. The monoisotopic (exact) mass is 300 g/mol. The second-order valence-electron chi connectivity index (χ2n) is 6.88. The van der Waals surface area contributed by atoms with Gasteiger partial charge in [0, 0.05) is 38.4 Å². The molecule has 1 aromatic rings. The third kappa shape index (κ3) is 2.57. The number of allylic oxidation sites excluding steroid dienone is 2. The molecular weight excluding hydrogens is 276 g/mol. The molecule has 0 unspecified atom stereocenters. The molecule has 0 N–H and O–H groups in total. The second-order valence-corrected chi connectivity index (χ2v) is 6.88. The molecule has 1 aliphatic carbocycles. The molecule has 0 spiro atoms. The first-order valence-corrected chi connectivity index (χ1v) is 8.67. The number of carbonyl (C=O) groups excluding carboxylic acids is 1. The molecule has 4 rings (SSSR count). The Morgan fingerprint density at radius 1 is 1.23 bits per heavy atom. The van der Waals surface area contributed by atoms with Gasteiger partial charge in [0.05, 0.1) is 0 Å². The van der Waals surface area contributed by atoms with Crippen molar-refractivity contribution in [3.63, 3.8) is 0 Å². The van der Waals surface area contributed by atoms with Gasteiger partial charge >= 0.3 is 0 Å². The van der Waals surface area contributed by atoms with Crippen LogP contribution in [0, 0.1) is 5.92 Å². The molecule has 1 aromatic heterocycles. The van der Waals surface area contributed by atoms with Crippen molar-refractivity contribution >= 4 is 5.91 Å². The van der Waals surface area contributed by atoms with E-state index in [9.17, 15) is 4.79 Å². The van der Waals surface area contributed by atoms with Crippen molar-refractivity contribution in [1.82, 2.24) is 19.7 Å². The zero-order valence-corrected chi connectivity index (χ0v) is 13.1. The van der Waals surface area contributed by atoms with Crippen molar-refractivity contribution in [2.75, 3.05) is 13.1 Å². The highest BCUT2D eigenvalue weighted by Gasteiger charge is 2.30. The molecule has 1 amide bonds. The molecule has 3 heterocycles. The summed E-state index contributed by atoms with van der Waals surface area (Å²) in [7, 11) is 0. The van der Waals surface area contributed by atoms with Gasteiger partial charge in [-0.1, -0.05) is 12.2 Å². The van der Waals surface area contributed by atoms with E-state index in [0.717, 1.165) is 63.4 Å². The van der Waals surface area contributed by atoms with Crippen LogP contribution in [0.3, 0.4) is 0 Å². The summed E-state index contributed by atoms with van der Waals surface area (Å²) in [6, 6.07) is 0. The lowest BCUT2D eigenvalue weighted by molar-refractivity contribution is -0.133. The Morgan fingerprint density at radius 2 is 2.18 bits per heavy atom. The Bertz CT molecular complexity index is 591. The minimum Gasteiger partial charge on any atom is -0.342 e. The average molecular weight is 300 g/mol. The molecule has 1 saturated heterocycles. The van der Waals surface area contributed by atoms with E-state index in [1.54, 1.807) is 0 Å². The van der Waals surface area contributed by atoms with E-state index in [2.05, 4.69) is 31.8 Å². The summed E-state index contributed by atoms with van der Waals surface area (Å²) >= 11 is 0. The molecule has 0 saturated carbocycles. The van der Waals surface area contributed by atoms with Crippen LogP contribution in [0.25, 0.3) is 0 Å². The van der Waals surface area contributed by atoms with E-state index in [0.29, 0.717) is 24.2 Å². The van der Waals surface area contributed by atoms with E-state index >= 15 is 0 Å². The van der Waals surface area contributed by atoms with Crippen LogP contribution < -0.4 is 0 Å². The quantitative estimate of drug-likeness (QED) is 0.805. The van der Waals surface area contributed by atoms with Crippen molar-refractivity contribution in [2.24, 2.45) is 5.92 Å². The summed E-state index contributed by atoms with van der Waals surface area (Å²) in [6.07, 6.45) is 11.8. The number of aromatic nitrogens is 3. The van der Waals surface area contributed by atoms with Gasteiger partial charge in [0.15, 0.2) is 0 Å². The first-order valence-electron chi connectivity index (χ1n) is 8.67. The average Bonchev–Trinajstić information content (AvgIpc) is 3.25. The topological polar surface area (TPSA) is 51.0 Å². The zero-order valence-electron chi connectivity index (χ0n) is 13.1. The molecule has 22 heavy (non-hydrogen) atoms. The molecule has 0 aromatic carbocycles. The maximum absolute atomic E-state index is 12.6. The summed E-state index contributed by atoms with van der Waals surface area (Å²) in [4.78, 5) is 14.6. The van der Waals surface area contributed by atoms with Gasteiger partial charge in [-0.05, 0) is 38.0 Å². The fourth-order valence-corrected chi connectivity index (χ4v) is 4.11. The Labute approximate surface area is 131 Å². The lowest BCUT2D eigenvalue weighted by Crippen LogP contribution is -2.40. The van der Waals surface area contributed by atoms with Crippen molar-refractivity contribution in [2.45, 2.75) is 57.4 Å². The van der Waals surface area contributed by atoms with Gasteiger partial charge in [0.25, 0.3) is 0 Å². The van der Waals surface area contributed by atoms with Crippen LogP contribution in [-0.4, -0.2) is 38.7 Å². The van der Waals surface area contributed by atoms with Crippen LogP contribution in [0.5, 0.6) is 0 Å². The number of rotatable bonds is 3. The smallest absolute Gasteiger partial charge is 0.223 e. The van der Waals surface area contributed by atoms with E-state index in [-0.39, 0.29) is 0 Å². The minimum atomic E-state index is 0.322. The van der Waals surface area contributed by atoms with E-state index in [4.69, 9.17) is 0 Å². The van der Waals surface area contributed by atoms with E-state index in [1.807, 2.05) is 0 Å². The summed E-state index contributed by atoms with van der Waals surface area (Å²) < 4.78 is 2.29. The van der Waals surface area contributed by atoms with Crippen molar-refractivity contribution in [1.29, 1.82) is 0 Å². The van der Waals surface area contributed by atoms with Gasteiger partial charge in [-0.3, -0.25) is 4.79 Å². The van der Waals surface area contributed by atoms with Gasteiger partial charge in [-0.15, -0.1) is 10.2 Å². The standard InChI is InChI=1S/C17H24N4O/c22-16(11-13-5-1-2-6-13)20-9-3-7-14(12-20)17-19-18-15-8-4-10-21(15)17/h1,5,13-14H,2-4,6-12H2/t13-,14-/m1/s1. The molecular formula is C17H24N4O. The van der Waals surface area contributed by atoms with Crippen molar-refractivity contribution in [3.05, 3.63) is 23.8 Å². The molecule has 3 aliphatic rings. The first kappa shape index (κ1) is 14.0. The van der Waals surface area contributed by atoms with Gasteiger partial charge in [-0.2, -0.15) is 0 Å².